The number of para-hydroxylation sites is 1. The van der Waals surface area contributed by atoms with Crippen LogP contribution in [0.3, 0.4) is 0 Å². The summed E-state index contributed by atoms with van der Waals surface area (Å²) >= 11 is 1.16. The normalized spacial score (nSPS) is 17.1. The molecule has 0 aliphatic carbocycles. The number of benzene rings is 3. The molecule has 0 unspecified atom stereocenters. The van der Waals surface area contributed by atoms with E-state index in [0.717, 1.165) is 28.2 Å². The molecule has 3 aromatic carbocycles. The standard InChI is InChI=1S/C33H29N3O5S/c1-5-41-32(39)26-20(3)34-33-36(28(26)22-14-16-23(40-4)17-15-22)31(38)29(42-33)27-24-8-6-7-9-25(24)35(30(27)37)18-21-12-10-19(2)11-13-21/h6-17,28H,5,18H2,1-4H3/b29-27-/t28-/m1/s1. The highest BCUT2D eigenvalue weighted by atomic mass is 32.1. The van der Waals surface area contributed by atoms with Crippen molar-refractivity contribution in [3.63, 3.8) is 0 Å². The fraction of sp³-hybridized carbons (Fsp3) is 0.212. The zero-order valence-corrected chi connectivity index (χ0v) is 24.5. The summed E-state index contributed by atoms with van der Waals surface area (Å²) in [4.78, 5) is 48.4. The topological polar surface area (TPSA) is 90.2 Å². The minimum Gasteiger partial charge on any atom is -0.497 e. The van der Waals surface area contributed by atoms with Gasteiger partial charge in [0, 0.05) is 5.56 Å². The van der Waals surface area contributed by atoms with Gasteiger partial charge in [-0.2, -0.15) is 0 Å². The number of nitrogens with zero attached hydrogens (tertiary/aromatic N) is 3. The van der Waals surface area contributed by atoms with Crippen LogP contribution >= 0.6 is 11.3 Å². The number of carbonyl (C=O) groups is 2. The van der Waals surface area contributed by atoms with E-state index in [0.29, 0.717) is 39.5 Å². The first-order valence-corrected chi connectivity index (χ1v) is 14.5. The zero-order valence-electron chi connectivity index (χ0n) is 23.7. The van der Waals surface area contributed by atoms with Gasteiger partial charge in [0.2, 0.25) is 0 Å². The molecular formula is C33H29N3O5S. The molecular weight excluding hydrogens is 550 g/mol. The molecule has 6 rings (SSSR count). The third-order valence-corrected chi connectivity index (χ3v) is 8.59. The van der Waals surface area contributed by atoms with Crippen molar-refractivity contribution in [1.29, 1.82) is 0 Å². The first kappa shape index (κ1) is 27.4. The van der Waals surface area contributed by atoms with Crippen LogP contribution in [-0.2, 0) is 20.9 Å². The number of thiazole rings is 1. The number of carbonyl (C=O) groups excluding carboxylic acids is 2. The molecule has 0 saturated heterocycles. The summed E-state index contributed by atoms with van der Waals surface area (Å²) in [5.74, 6) is -0.137. The summed E-state index contributed by atoms with van der Waals surface area (Å²) in [7, 11) is 1.58. The Balaban J connectivity index is 1.56. The molecule has 3 heterocycles. The van der Waals surface area contributed by atoms with Gasteiger partial charge in [0.15, 0.2) is 4.80 Å². The summed E-state index contributed by atoms with van der Waals surface area (Å²) in [6.45, 7) is 6.05. The second kappa shape index (κ2) is 10.9. The number of hydrogen-bond acceptors (Lipinski definition) is 7. The van der Waals surface area contributed by atoms with Gasteiger partial charge in [-0.15, -0.1) is 0 Å². The van der Waals surface area contributed by atoms with Crippen LogP contribution in [0.4, 0.5) is 5.69 Å². The van der Waals surface area contributed by atoms with Crippen LogP contribution in [-0.4, -0.2) is 30.2 Å². The van der Waals surface area contributed by atoms with Gasteiger partial charge in [0.1, 0.15) is 10.3 Å². The van der Waals surface area contributed by atoms with E-state index < -0.39 is 12.0 Å². The zero-order chi connectivity index (χ0) is 29.5. The molecule has 9 heteroatoms. The Labute approximate surface area is 246 Å². The number of fused-ring (bicyclic) bond motifs is 2. The Morgan fingerprint density at radius 2 is 1.69 bits per heavy atom. The van der Waals surface area contributed by atoms with E-state index in [1.165, 1.54) is 4.57 Å². The molecule has 42 heavy (non-hydrogen) atoms. The summed E-state index contributed by atoms with van der Waals surface area (Å²) < 4.78 is 12.5. The van der Waals surface area contributed by atoms with E-state index in [1.807, 2.05) is 67.6 Å². The predicted octanol–water partition coefficient (Wildman–Crippen LogP) is 4.03. The number of rotatable bonds is 6. The van der Waals surface area contributed by atoms with Crippen molar-refractivity contribution in [2.24, 2.45) is 4.99 Å². The lowest BCUT2D eigenvalue weighted by molar-refractivity contribution is -0.139. The van der Waals surface area contributed by atoms with Crippen molar-refractivity contribution in [3.05, 3.63) is 126 Å². The maximum Gasteiger partial charge on any atom is 0.338 e. The van der Waals surface area contributed by atoms with Crippen LogP contribution < -0.4 is 24.5 Å². The fourth-order valence-electron chi connectivity index (χ4n) is 5.48. The quantitative estimate of drug-likeness (QED) is 0.322. The monoisotopic (exact) mass is 579 g/mol. The molecule has 0 radical (unpaired) electrons. The molecule has 0 spiro atoms. The number of aryl methyl sites for hydroxylation is 1. The highest BCUT2D eigenvalue weighted by molar-refractivity contribution is 7.07. The van der Waals surface area contributed by atoms with Crippen molar-refractivity contribution in [2.75, 3.05) is 18.6 Å². The Morgan fingerprint density at radius 3 is 2.38 bits per heavy atom. The second-order valence-corrected chi connectivity index (χ2v) is 11.1. The van der Waals surface area contributed by atoms with Gasteiger partial charge in [0.05, 0.1) is 48.8 Å². The van der Waals surface area contributed by atoms with Crippen molar-refractivity contribution in [2.45, 2.75) is 33.4 Å². The summed E-state index contributed by atoms with van der Waals surface area (Å²) in [5, 5.41) is 0. The molecule has 0 saturated carbocycles. The molecule has 0 bridgehead atoms. The number of hydrogen-bond donors (Lipinski definition) is 0. The van der Waals surface area contributed by atoms with E-state index in [9.17, 15) is 14.4 Å². The van der Waals surface area contributed by atoms with E-state index in [4.69, 9.17) is 9.47 Å². The van der Waals surface area contributed by atoms with Gasteiger partial charge in [-0.25, -0.2) is 9.79 Å². The average molecular weight is 580 g/mol. The summed E-state index contributed by atoms with van der Waals surface area (Å²) in [6, 6.07) is 22.0. The molecule has 2 aliphatic heterocycles. The van der Waals surface area contributed by atoms with E-state index in [1.54, 1.807) is 38.0 Å². The largest absolute Gasteiger partial charge is 0.497 e. The summed E-state index contributed by atoms with van der Waals surface area (Å²) in [6.07, 6.45) is 0. The number of esters is 1. The van der Waals surface area contributed by atoms with Gasteiger partial charge < -0.3 is 14.4 Å². The van der Waals surface area contributed by atoms with Gasteiger partial charge >= 0.3 is 5.97 Å². The number of aromatic nitrogens is 1. The molecule has 8 nitrogen and oxygen atoms in total. The van der Waals surface area contributed by atoms with Crippen molar-refractivity contribution < 1.29 is 19.1 Å². The highest BCUT2D eigenvalue weighted by Crippen LogP contribution is 2.37. The average Bonchev–Trinajstić information content (AvgIpc) is 3.45. The number of amides is 1. The van der Waals surface area contributed by atoms with Crippen LogP contribution in [0.5, 0.6) is 5.75 Å². The van der Waals surface area contributed by atoms with Crippen molar-refractivity contribution >= 4 is 34.5 Å². The fourth-order valence-corrected chi connectivity index (χ4v) is 6.61. The van der Waals surface area contributed by atoms with E-state index >= 15 is 0 Å². The minimum atomic E-state index is -0.782. The molecule has 2 aliphatic rings. The SMILES string of the molecule is CCOC(=O)C1=C(C)N=c2s/c(=C3\C(=O)N(Cc4ccc(C)cc4)c4ccccc43)c(=O)n2[C@@H]1c1ccc(OC)cc1. The maximum absolute atomic E-state index is 14.3. The third kappa shape index (κ3) is 4.55. The lowest BCUT2D eigenvalue weighted by Crippen LogP contribution is -2.41. The smallest absolute Gasteiger partial charge is 0.338 e. The van der Waals surface area contributed by atoms with E-state index in [2.05, 4.69) is 4.99 Å². The molecule has 4 aromatic rings. The Morgan fingerprint density at radius 1 is 0.976 bits per heavy atom. The molecule has 0 N–H and O–H groups in total. The first-order valence-electron chi connectivity index (χ1n) is 13.6. The maximum atomic E-state index is 14.3. The van der Waals surface area contributed by atoms with Gasteiger partial charge in [-0.3, -0.25) is 14.2 Å². The van der Waals surface area contributed by atoms with Gasteiger partial charge in [0.25, 0.3) is 11.5 Å². The number of ether oxygens (including phenoxy) is 2. The van der Waals surface area contributed by atoms with Crippen molar-refractivity contribution in [1.82, 2.24) is 4.57 Å². The Bertz CT molecular complexity index is 1930. The van der Waals surface area contributed by atoms with Crippen LogP contribution in [0.25, 0.3) is 5.57 Å². The number of allylic oxidation sites excluding steroid dienone is 1. The molecule has 1 atom stereocenters. The van der Waals surface area contributed by atoms with Crippen molar-refractivity contribution in [3.8, 4) is 5.75 Å². The first-order chi connectivity index (χ1) is 20.3. The summed E-state index contributed by atoms with van der Waals surface area (Å²) in [5.41, 5.74) is 4.97. The molecule has 1 amide bonds. The number of methoxy groups -OCH3 is 1. The Kier molecular flexibility index (Phi) is 7.12. The van der Waals surface area contributed by atoms with Crippen LogP contribution in [0, 0.1) is 6.92 Å². The lowest BCUT2D eigenvalue weighted by Gasteiger charge is -2.24. The van der Waals surface area contributed by atoms with Gasteiger partial charge in [-0.1, -0.05) is 71.5 Å². The molecule has 1 aromatic heterocycles. The Hall–Kier alpha value is -4.76. The second-order valence-electron chi connectivity index (χ2n) is 10.2. The van der Waals surface area contributed by atoms with Crippen LogP contribution in [0.1, 0.15) is 42.1 Å². The van der Waals surface area contributed by atoms with E-state index in [-0.39, 0.29) is 28.2 Å². The predicted molar refractivity (Wildman–Crippen MR) is 161 cm³/mol. The minimum absolute atomic E-state index is 0.182. The van der Waals surface area contributed by atoms with Gasteiger partial charge in [-0.05, 0) is 50.1 Å². The lowest BCUT2D eigenvalue weighted by atomic mass is 9.96. The van der Waals surface area contributed by atoms with Crippen LogP contribution in [0.2, 0.25) is 0 Å². The number of anilines is 1. The van der Waals surface area contributed by atoms with Crippen LogP contribution in [0.15, 0.2) is 93.9 Å². The molecule has 0 fully saturated rings. The molecule has 212 valence electrons. The third-order valence-electron chi connectivity index (χ3n) is 7.54. The highest BCUT2D eigenvalue weighted by Gasteiger charge is 2.37.